The molecular weight excluding hydrogens is 509 g/mol. The van der Waals surface area contributed by atoms with E-state index in [2.05, 4.69) is 115 Å². The van der Waals surface area contributed by atoms with E-state index in [9.17, 15) is 0 Å². The van der Waals surface area contributed by atoms with Gasteiger partial charge in [-0.05, 0) is 67.1 Å². The molecule has 0 aromatic heterocycles. The Balaban J connectivity index is 1.60. The first-order valence-corrected chi connectivity index (χ1v) is 16.9. The zero-order valence-corrected chi connectivity index (χ0v) is 23.5. The molecule has 0 fully saturated rings. The summed E-state index contributed by atoms with van der Waals surface area (Å²) in [7, 11) is -5.68. The molecule has 0 heterocycles. The topological polar surface area (TPSA) is 17.1 Å². The first-order chi connectivity index (χ1) is 19.2. The van der Waals surface area contributed by atoms with Gasteiger partial charge < -0.3 is 0 Å². The van der Waals surface area contributed by atoms with Crippen LogP contribution in [0.25, 0.3) is 0 Å². The van der Waals surface area contributed by atoms with Crippen molar-refractivity contribution in [1.82, 2.24) is 0 Å². The molecule has 0 aliphatic carbocycles. The Morgan fingerprint density at radius 2 is 0.564 bits per heavy atom. The zero-order chi connectivity index (χ0) is 26.5. The molecular formula is C36H30OSSi. The highest BCUT2D eigenvalue weighted by Crippen LogP contribution is 2.35. The maximum absolute atomic E-state index is 15.0. The van der Waals surface area contributed by atoms with E-state index in [0.717, 1.165) is 14.7 Å². The number of hydrogen-bond acceptors (Lipinski definition) is 1. The molecule has 0 N–H and O–H groups in total. The molecule has 6 aromatic rings. The van der Waals surface area contributed by atoms with Crippen molar-refractivity contribution in [3.8, 4) is 0 Å². The molecule has 0 spiro atoms. The highest BCUT2D eigenvalue weighted by molar-refractivity contribution is 8.03. The van der Waals surface area contributed by atoms with Crippen molar-refractivity contribution in [2.45, 2.75) is 14.7 Å². The molecule has 39 heavy (non-hydrogen) atoms. The fourth-order valence-corrected chi connectivity index (χ4v) is 13.1. The standard InChI is InChI=1S/C36H30OSSi/c37-38(30-16-6-1-7-17-30,31-18-8-2-9-19-31)32-26-28-36(29-27-32)39(33-20-10-3-11-21-33,34-22-12-4-13-23-34)35-24-14-5-15-25-35/h1-29,38H. The highest BCUT2D eigenvalue weighted by Gasteiger charge is 2.41. The Bertz CT molecular complexity index is 1550. The lowest BCUT2D eigenvalue weighted by Crippen LogP contribution is -2.74. The lowest BCUT2D eigenvalue weighted by atomic mass is 10.3. The molecule has 0 amide bonds. The maximum Gasteiger partial charge on any atom is 0.179 e. The van der Waals surface area contributed by atoms with Crippen molar-refractivity contribution in [2.24, 2.45) is 0 Å². The van der Waals surface area contributed by atoms with Gasteiger partial charge in [-0.3, -0.25) is 4.21 Å². The van der Waals surface area contributed by atoms with Crippen LogP contribution in [-0.2, 0) is 9.93 Å². The third-order valence-electron chi connectivity index (χ3n) is 7.52. The molecule has 190 valence electrons. The minimum Gasteiger partial charge on any atom is -0.271 e. The summed E-state index contributed by atoms with van der Waals surface area (Å²) >= 11 is 0. The number of hydrogen-bond donors (Lipinski definition) is 1. The monoisotopic (exact) mass is 538 g/mol. The molecule has 0 saturated carbocycles. The molecule has 1 nitrogen and oxygen atoms in total. The first-order valence-electron chi connectivity index (χ1n) is 13.2. The summed E-state index contributed by atoms with van der Waals surface area (Å²) in [4.78, 5) is 2.55. The molecule has 0 bridgehead atoms. The van der Waals surface area contributed by atoms with Gasteiger partial charge >= 0.3 is 0 Å². The van der Waals surface area contributed by atoms with Crippen LogP contribution in [0.5, 0.6) is 0 Å². The fourth-order valence-electron chi connectivity index (χ4n) is 5.71. The number of rotatable bonds is 7. The van der Waals surface area contributed by atoms with Crippen molar-refractivity contribution < 1.29 is 4.21 Å². The van der Waals surface area contributed by atoms with E-state index in [1.165, 1.54) is 20.7 Å². The van der Waals surface area contributed by atoms with Crippen LogP contribution in [0, 0.1) is 0 Å². The largest absolute Gasteiger partial charge is 0.271 e. The summed E-state index contributed by atoms with van der Waals surface area (Å²) in [5, 5.41) is 5.24. The molecule has 0 aliphatic heterocycles. The number of thiol groups is 1. The van der Waals surface area contributed by atoms with Crippen molar-refractivity contribution >= 4 is 38.8 Å². The predicted octanol–water partition coefficient (Wildman–Crippen LogP) is 5.56. The average Bonchev–Trinajstić information content (AvgIpc) is 3.04. The van der Waals surface area contributed by atoms with E-state index >= 15 is 4.21 Å². The van der Waals surface area contributed by atoms with E-state index in [0.29, 0.717) is 0 Å². The molecule has 0 atom stereocenters. The van der Waals surface area contributed by atoms with Gasteiger partial charge in [0.1, 0.15) is 0 Å². The van der Waals surface area contributed by atoms with E-state index in [1.807, 2.05) is 60.7 Å². The van der Waals surface area contributed by atoms with Crippen LogP contribution in [0.15, 0.2) is 191 Å². The lowest BCUT2D eigenvalue weighted by Gasteiger charge is -2.35. The van der Waals surface area contributed by atoms with Gasteiger partial charge in [0.15, 0.2) is 8.07 Å². The lowest BCUT2D eigenvalue weighted by molar-refractivity contribution is 0.669. The van der Waals surface area contributed by atoms with Gasteiger partial charge in [0.05, 0.1) is 0 Å². The van der Waals surface area contributed by atoms with Crippen LogP contribution < -0.4 is 20.7 Å². The first kappa shape index (κ1) is 25.0. The average molecular weight is 539 g/mol. The SMILES string of the molecule is O=[SH](c1ccccc1)(c1ccccc1)c1ccc([Si](c2ccccc2)(c2ccccc2)c2ccccc2)cc1. The van der Waals surface area contributed by atoms with Crippen molar-refractivity contribution in [3.63, 3.8) is 0 Å². The summed E-state index contributed by atoms with van der Waals surface area (Å²) < 4.78 is 15.0. The molecule has 6 rings (SSSR count). The summed E-state index contributed by atoms with van der Waals surface area (Å²) in [5.41, 5.74) is 0. The summed E-state index contributed by atoms with van der Waals surface area (Å²) in [6.07, 6.45) is 0. The van der Waals surface area contributed by atoms with E-state index in [-0.39, 0.29) is 0 Å². The minimum atomic E-state index is -3.05. The molecule has 0 saturated heterocycles. The molecule has 6 aromatic carbocycles. The van der Waals surface area contributed by atoms with Gasteiger partial charge in [-0.25, -0.2) is 0 Å². The van der Waals surface area contributed by atoms with Crippen LogP contribution in [0.4, 0.5) is 0 Å². The van der Waals surface area contributed by atoms with Crippen LogP contribution in [0.1, 0.15) is 0 Å². The van der Waals surface area contributed by atoms with Crippen LogP contribution >= 0.6 is 0 Å². The molecule has 0 radical (unpaired) electrons. The van der Waals surface area contributed by atoms with Crippen LogP contribution in [0.2, 0.25) is 0 Å². The Kier molecular flexibility index (Phi) is 6.93. The Labute approximate surface area is 232 Å². The summed E-state index contributed by atoms with van der Waals surface area (Å²) in [5.74, 6) is 0. The second-order valence-electron chi connectivity index (χ2n) is 9.68. The quantitative estimate of drug-likeness (QED) is 0.160. The fraction of sp³-hybridized carbons (Fsp3) is 0. The zero-order valence-electron chi connectivity index (χ0n) is 21.6. The molecule has 0 unspecified atom stereocenters. The van der Waals surface area contributed by atoms with Gasteiger partial charge in [-0.1, -0.05) is 140 Å². The van der Waals surface area contributed by atoms with Crippen molar-refractivity contribution in [1.29, 1.82) is 0 Å². The van der Waals surface area contributed by atoms with E-state index in [1.54, 1.807) is 0 Å². The number of benzene rings is 6. The maximum atomic E-state index is 15.0. The normalized spacial score (nSPS) is 12.1. The van der Waals surface area contributed by atoms with Crippen LogP contribution in [0.3, 0.4) is 0 Å². The van der Waals surface area contributed by atoms with Gasteiger partial charge in [0.25, 0.3) is 0 Å². The second-order valence-corrected chi connectivity index (χ2v) is 16.3. The molecule has 3 heteroatoms. The van der Waals surface area contributed by atoms with Crippen molar-refractivity contribution in [2.75, 3.05) is 0 Å². The summed E-state index contributed by atoms with van der Waals surface area (Å²) in [6.45, 7) is 0. The third-order valence-corrected chi connectivity index (χ3v) is 15.4. The Morgan fingerprint density at radius 1 is 0.308 bits per heavy atom. The predicted molar refractivity (Wildman–Crippen MR) is 167 cm³/mol. The van der Waals surface area contributed by atoms with Crippen LogP contribution in [-0.4, -0.2) is 12.3 Å². The Hall–Kier alpha value is -4.31. The second kappa shape index (κ2) is 10.8. The van der Waals surface area contributed by atoms with Crippen molar-refractivity contribution in [3.05, 3.63) is 176 Å². The third kappa shape index (κ3) is 4.40. The molecule has 0 aliphatic rings. The van der Waals surface area contributed by atoms with E-state index in [4.69, 9.17) is 0 Å². The smallest absolute Gasteiger partial charge is 0.179 e. The Morgan fingerprint density at radius 3 is 0.897 bits per heavy atom. The van der Waals surface area contributed by atoms with Gasteiger partial charge in [0.2, 0.25) is 0 Å². The summed E-state index contributed by atoms with van der Waals surface area (Å²) in [6, 6.07) is 61.1. The van der Waals surface area contributed by atoms with E-state index < -0.39 is 18.0 Å². The van der Waals surface area contributed by atoms with Gasteiger partial charge in [-0.15, -0.1) is 0 Å². The highest BCUT2D eigenvalue weighted by atomic mass is 32.2. The minimum absolute atomic E-state index is 0.848. The van der Waals surface area contributed by atoms with Gasteiger partial charge in [0, 0.05) is 14.7 Å². The van der Waals surface area contributed by atoms with Gasteiger partial charge in [-0.2, -0.15) is 0 Å².